The highest BCUT2D eigenvalue weighted by atomic mass is 16.2. The van der Waals surface area contributed by atoms with Gasteiger partial charge in [-0.05, 0) is 25.7 Å². The zero-order chi connectivity index (χ0) is 16.2. The number of likely N-dealkylation sites (tertiary alicyclic amines) is 1. The molecular weight excluding hydrogens is 278 g/mol. The van der Waals surface area contributed by atoms with E-state index in [2.05, 4.69) is 16.1 Å². The molecule has 2 rings (SSSR count). The maximum absolute atomic E-state index is 12.7. The molecule has 0 spiro atoms. The third-order valence-electron chi connectivity index (χ3n) is 5.12. The van der Waals surface area contributed by atoms with Crippen molar-refractivity contribution in [3.05, 3.63) is 0 Å². The van der Waals surface area contributed by atoms with E-state index in [0.717, 1.165) is 45.1 Å². The van der Waals surface area contributed by atoms with Gasteiger partial charge in [-0.2, -0.15) is 0 Å². The van der Waals surface area contributed by atoms with Crippen molar-refractivity contribution in [1.29, 1.82) is 0 Å². The molecule has 1 heterocycles. The van der Waals surface area contributed by atoms with Crippen LogP contribution >= 0.6 is 0 Å². The molecule has 0 unspecified atom stereocenters. The van der Waals surface area contributed by atoms with Crippen LogP contribution in [0.5, 0.6) is 0 Å². The minimum atomic E-state index is -0.513. The predicted molar refractivity (Wildman–Crippen MR) is 86.1 cm³/mol. The molecule has 2 fully saturated rings. The second-order valence-corrected chi connectivity index (χ2v) is 6.42. The van der Waals surface area contributed by atoms with Gasteiger partial charge in [0.2, 0.25) is 11.8 Å². The van der Waals surface area contributed by atoms with Crippen molar-refractivity contribution in [3.8, 4) is 12.3 Å². The lowest BCUT2D eigenvalue weighted by Crippen LogP contribution is -2.63. The van der Waals surface area contributed by atoms with Gasteiger partial charge in [-0.3, -0.25) is 14.5 Å². The van der Waals surface area contributed by atoms with Gasteiger partial charge in [0, 0.05) is 20.6 Å². The van der Waals surface area contributed by atoms with Crippen LogP contribution in [0, 0.1) is 12.3 Å². The summed E-state index contributed by atoms with van der Waals surface area (Å²) in [6.07, 6.45) is 12.0. The number of rotatable bonds is 4. The number of nitrogens with one attached hydrogen (secondary N) is 1. The average Bonchev–Trinajstić information content (AvgIpc) is 3.04. The molecule has 2 amide bonds. The maximum atomic E-state index is 12.7. The second-order valence-electron chi connectivity index (χ2n) is 6.42. The second kappa shape index (κ2) is 7.15. The average molecular weight is 305 g/mol. The Kier molecular flexibility index (Phi) is 5.47. The van der Waals surface area contributed by atoms with Gasteiger partial charge < -0.3 is 10.2 Å². The molecule has 0 aromatic carbocycles. The van der Waals surface area contributed by atoms with Crippen LogP contribution in [0.15, 0.2) is 0 Å². The van der Waals surface area contributed by atoms with Crippen molar-refractivity contribution in [2.45, 2.75) is 56.5 Å². The third kappa shape index (κ3) is 2.98. The Bertz CT molecular complexity index is 463. The molecule has 1 N–H and O–H groups in total. The summed E-state index contributed by atoms with van der Waals surface area (Å²) in [5.74, 6) is 2.62. The summed E-state index contributed by atoms with van der Waals surface area (Å²) < 4.78 is 0. The number of hydrogen-bond acceptors (Lipinski definition) is 3. The van der Waals surface area contributed by atoms with Crippen molar-refractivity contribution in [1.82, 2.24) is 15.1 Å². The molecule has 22 heavy (non-hydrogen) atoms. The minimum absolute atomic E-state index is 0.0456. The van der Waals surface area contributed by atoms with E-state index in [4.69, 9.17) is 6.42 Å². The molecule has 1 saturated carbocycles. The summed E-state index contributed by atoms with van der Waals surface area (Å²) in [5, 5.41) is 2.83. The first-order valence-corrected chi connectivity index (χ1v) is 8.24. The van der Waals surface area contributed by atoms with Crippen LogP contribution in [-0.2, 0) is 9.59 Å². The summed E-state index contributed by atoms with van der Waals surface area (Å²) in [4.78, 5) is 29.1. The topological polar surface area (TPSA) is 52.7 Å². The van der Waals surface area contributed by atoms with Gasteiger partial charge in [-0.25, -0.2) is 0 Å². The van der Waals surface area contributed by atoms with Crippen LogP contribution in [0.4, 0.5) is 0 Å². The molecule has 0 aromatic heterocycles. The summed E-state index contributed by atoms with van der Waals surface area (Å²) in [7, 11) is 3.43. The highest BCUT2D eigenvalue weighted by Gasteiger charge is 2.50. The third-order valence-corrected chi connectivity index (χ3v) is 5.12. The highest BCUT2D eigenvalue weighted by Crippen LogP contribution is 2.39. The number of carbonyl (C=O) groups is 2. The summed E-state index contributed by atoms with van der Waals surface area (Å²) >= 11 is 0. The molecular formula is C17H27N3O2. The zero-order valence-electron chi connectivity index (χ0n) is 13.7. The molecule has 0 aromatic rings. The summed E-state index contributed by atoms with van der Waals surface area (Å²) in [6, 6.07) is -0.214. The van der Waals surface area contributed by atoms with Crippen molar-refractivity contribution in [3.63, 3.8) is 0 Å². The van der Waals surface area contributed by atoms with Gasteiger partial charge >= 0.3 is 0 Å². The molecule has 0 radical (unpaired) electrons. The zero-order valence-corrected chi connectivity index (χ0v) is 13.7. The van der Waals surface area contributed by atoms with E-state index in [1.54, 1.807) is 19.0 Å². The van der Waals surface area contributed by atoms with Gasteiger partial charge in [0.1, 0.15) is 5.54 Å². The number of likely N-dealkylation sites (N-methyl/N-ethyl adjacent to an activating group) is 2. The van der Waals surface area contributed by atoms with Gasteiger partial charge in [0.05, 0.1) is 12.6 Å². The first kappa shape index (κ1) is 16.8. The lowest BCUT2D eigenvalue weighted by molar-refractivity contribution is -0.144. The van der Waals surface area contributed by atoms with Crippen LogP contribution in [-0.4, -0.2) is 60.4 Å². The first-order chi connectivity index (χ1) is 10.6. The van der Waals surface area contributed by atoms with Gasteiger partial charge in [-0.15, -0.1) is 6.42 Å². The standard InChI is InChI=1S/C17H27N3O2/c1-4-12-19(3)15(21)14-9-8-13-20(14)17(16(22)18-2)10-6-5-7-11-17/h1,14H,5-13H2,2-3H3,(H,18,22)/t14-/m0/s1. The van der Waals surface area contributed by atoms with E-state index in [9.17, 15) is 9.59 Å². The Morgan fingerprint density at radius 3 is 2.59 bits per heavy atom. The molecule has 5 nitrogen and oxygen atoms in total. The fourth-order valence-corrected chi connectivity index (χ4v) is 4.02. The summed E-state index contributed by atoms with van der Waals surface area (Å²) in [6.45, 7) is 1.13. The Labute approximate surface area is 133 Å². The molecule has 122 valence electrons. The first-order valence-electron chi connectivity index (χ1n) is 8.24. The minimum Gasteiger partial charge on any atom is -0.358 e. The molecule has 2 aliphatic rings. The molecule has 5 heteroatoms. The highest BCUT2D eigenvalue weighted by molar-refractivity contribution is 5.88. The smallest absolute Gasteiger partial charge is 0.240 e. The monoisotopic (exact) mass is 305 g/mol. The van der Waals surface area contributed by atoms with Crippen molar-refractivity contribution in [2.75, 3.05) is 27.2 Å². The van der Waals surface area contributed by atoms with Gasteiger partial charge in [0.25, 0.3) is 0 Å². The quantitative estimate of drug-likeness (QED) is 0.788. The van der Waals surface area contributed by atoms with Gasteiger partial charge in [0.15, 0.2) is 0 Å². The number of terminal acetylenes is 1. The fraction of sp³-hybridized carbons (Fsp3) is 0.765. The Morgan fingerprint density at radius 1 is 1.32 bits per heavy atom. The predicted octanol–water partition coefficient (Wildman–Crippen LogP) is 0.991. The Hall–Kier alpha value is -1.54. The number of carbonyl (C=O) groups excluding carboxylic acids is 2. The van der Waals surface area contributed by atoms with E-state index in [0.29, 0.717) is 6.54 Å². The van der Waals surface area contributed by atoms with E-state index < -0.39 is 5.54 Å². The van der Waals surface area contributed by atoms with Crippen LogP contribution in [0.25, 0.3) is 0 Å². The fourth-order valence-electron chi connectivity index (χ4n) is 4.02. The van der Waals surface area contributed by atoms with E-state index in [1.807, 2.05) is 0 Å². The normalized spacial score (nSPS) is 24.5. The van der Waals surface area contributed by atoms with Crippen molar-refractivity contribution >= 4 is 11.8 Å². The molecule has 0 bridgehead atoms. The van der Waals surface area contributed by atoms with Crippen LogP contribution in [0.1, 0.15) is 44.9 Å². The lowest BCUT2D eigenvalue weighted by atomic mass is 9.79. The lowest BCUT2D eigenvalue weighted by Gasteiger charge is -2.45. The Balaban J connectivity index is 2.24. The molecule has 1 aliphatic carbocycles. The van der Waals surface area contributed by atoms with E-state index in [-0.39, 0.29) is 17.9 Å². The van der Waals surface area contributed by atoms with Crippen molar-refractivity contribution in [2.24, 2.45) is 0 Å². The van der Waals surface area contributed by atoms with Crippen LogP contribution < -0.4 is 5.32 Å². The largest absolute Gasteiger partial charge is 0.358 e. The van der Waals surface area contributed by atoms with E-state index >= 15 is 0 Å². The van der Waals surface area contributed by atoms with Crippen LogP contribution in [0.2, 0.25) is 0 Å². The number of amides is 2. The summed E-state index contributed by atoms with van der Waals surface area (Å²) in [5.41, 5.74) is -0.513. The van der Waals surface area contributed by atoms with E-state index in [1.165, 1.54) is 6.42 Å². The molecule has 1 atom stereocenters. The van der Waals surface area contributed by atoms with Crippen LogP contribution in [0.3, 0.4) is 0 Å². The SMILES string of the molecule is C#CCN(C)C(=O)[C@@H]1CCCN1C1(C(=O)NC)CCCCC1. The number of nitrogens with zero attached hydrogens (tertiary/aromatic N) is 2. The van der Waals surface area contributed by atoms with Crippen molar-refractivity contribution < 1.29 is 9.59 Å². The molecule has 1 saturated heterocycles. The van der Waals surface area contributed by atoms with Gasteiger partial charge in [-0.1, -0.05) is 25.2 Å². The molecule has 1 aliphatic heterocycles. The number of hydrogen-bond donors (Lipinski definition) is 1. The Morgan fingerprint density at radius 2 is 2.00 bits per heavy atom. The maximum Gasteiger partial charge on any atom is 0.240 e.